The molecule has 0 spiro atoms. The average Bonchev–Trinajstić information content (AvgIpc) is 2.46. The van der Waals surface area contributed by atoms with Gasteiger partial charge in [-0.2, -0.15) is 0 Å². The zero-order valence-electron chi connectivity index (χ0n) is 12.6. The van der Waals surface area contributed by atoms with Crippen molar-refractivity contribution in [1.82, 2.24) is 4.90 Å². The molecular formula is C16H20N2O3. The van der Waals surface area contributed by atoms with E-state index in [0.717, 1.165) is 5.56 Å². The Balaban J connectivity index is 2.03. The summed E-state index contributed by atoms with van der Waals surface area (Å²) in [4.78, 5) is 17.1. The summed E-state index contributed by atoms with van der Waals surface area (Å²) in [7, 11) is 0. The van der Waals surface area contributed by atoms with Gasteiger partial charge in [0.1, 0.15) is 11.7 Å². The van der Waals surface area contributed by atoms with Gasteiger partial charge in [-0.25, -0.2) is 9.64 Å². The molecule has 21 heavy (non-hydrogen) atoms. The fourth-order valence-electron chi connectivity index (χ4n) is 2.11. The SMILES string of the molecule is [C-]#[N+]c1ccc([C@H]2CN(C(=O)OC(C)(C)C)CCO2)cc1. The van der Waals surface area contributed by atoms with Gasteiger partial charge in [0.25, 0.3) is 0 Å². The van der Waals surface area contributed by atoms with Crippen LogP contribution < -0.4 is 0 Å². The maximum absolute atomic E-state index is 12.1. The van der Waals surface area contributed by atoms with Gasteiger partial charge in [-0.1, -0.05) is 24.3 Å². The van der Waals surface area contributed by atoms with Crippen molar-refractivity contribution in [2.24, 2.45) is 0 Å². The van der Waals surface area contributed by atoms with E-state index in [1.165, 1.54) is 0 Å². The first kappa shape index (κ1) is 15.3. The van der Waals surface area contributed by atoms with E-state index >= 15 is 0 Å². The predicted octanol–water partition coefficient (Wildman–Crippen LogP) is 3.55. The molecule has 1 atom stereocenters. The van der Waals surface area contributed by atoms with Crippen LogP contribution >= 0.6 is 0 Å². The minimum Gasteiger partial charge on any atom is -0.444 e. The van der Waals surface area contributed by atoms with E-state index in [-0.39, 0.29) is 12.2 Å². The van der Waals surface area contributed by atoms with Crippen LogP contribution in [0.25, 0.3) is 4.85 Å². The van der Waals surface area contributed by atoms with Crippen LogP contribution in [0.15, 0.2) is 24.3 Å². The van der Waals surface area contributed by atoms with Gasteiger partial charge < -0.3 is 14.4 Å². The molecule has 2 rings (SSSR count). The molecule has 0 aliphatic carbocycles. The number of carbonyl (C=O) groups is 1. The summed E-state index contributed by atoms with van der Waals surface area (Å²) in [5.41, 5.74) is 1.07. The van der Waals surface area contributed by atoms with Gasteiger partial charge in [0.2, 0.25) is 0 Å². The second kappa shape index (κ2) is 6.15. The topological polar surface area (TPSA) is 43.1 Å². The summed E-state index contributed by atoms with van der Waals surface area (Å²) >= 11 is 0. The lowest BCUT2D eigenvalue weighted by molar-refractivity contribution is -0.0432. The molecule has 1 fully saturated rings. The van der Waals surface area contributed by atoms with Gasteiger partial charge in [0.05, 0.1) is 19.7 Å². The van der Waals surface area contributed by atoms with Gasteiger partial charge in [-0.05, 0) is 26.3 Å². The lowest BCUT2D eigenvalue weighted by Gasteiger charge is -2.34. The maximum Gasteiger partial charge on any atom is 0.410 e. The quantitative estimate of drug-likeness (QED) is 0.742. The standard InChI is InChI=1S/C16H20N2O3/c1-16(2,3)21-15(19)18-9-10-20-14(11-18)12-5-7-13(17-4)8-6-12/h5-8,14H,9-11H2,1-3H3/t14-/m1/s1. The Kier molecular flexibility index (Phi) is 4.49. The first-order valence-corrected chi connectivity index (χ1v) is 6.96. The summed E-state index contributed by atoms with van der Waals surface area (Å²) in [6, 6.07) is 7.27. The van der Waals surface area contributed by atoms with Gasteiger partial charge >= 0.3 is 6.09 Å². The monoisotopic (exact) mass is 288 g/mol. The fraction of sp³-hybridized carbons (Fsp3) is 0.500. The number of amides is 1. The molecular weight excluding hydrogens is 268 g/mol. The van der Waals surface area contributed by atoms with Crippen LogP contribution in [0.3, 0.4) is 0 Å². The molecule has 0 saturated carbocycles. The third-order valence-corrected chi connectivity index (χ3v) is 3.11. The van der Waals surface area contributed by atoms with E-state index in [0.29, 0.717) is 25.4 Å². The highest BCUT2D eigenvalue weighted by Gasteiger charge is 2.28. The lowest BCUT2D eigenvalue weighted by atomic mass is 10.1. The second-order valence-electron chi connectivity index (χ2n) is 5.99. The van der Waals surface area contributed by atoms with Crippen molar-refractivity contribution >= 4 is 11.8 Å². The zero-order valence-corrected chi connectivity index (χ0v) is 12.6. The van der Waals surface area contributed by atoms with E-state index in [4.69, 9.17) is 16.0 Å². The number of carbonyl (C=O) groups excluding carboxylic acids is 1. The molecule has 1 aromatic rings. The Bertz CT molecular complexity index is 540. The van der Waals surface area contributed by atoms with Crippen LogP contribution in [0, 0.1) is 6.57 Å². The van der Waals surface area contributed by atoms with Gasteiger partial charge in [-0.3, -0.25) is 0 Å². The molecule has 1 aliphatic rings. The van der Waals surface area contributed by atoms with Crippen molar-refractivity contribution in [2.45, 2.75) is 32.5 Å². The molecule has 5 heteroatoms. The second-order valence-corrected chi connectivity index (χ2v) is 5.99. The molecule has 0 N–H and O–H groups in total. The minimum atomic E-state index is -0.498. The van der Waals surface area contributed by atoms with Crippen molar-refractivity contribution in [3.63, 3.8) is 0 Å². The van der Waals surface area contributed by atoms with Gasteiger partial charge in [0.15, 0.2) is 5.69 Å². The van der Waals surface area contributed by atoms with Crippen molar-refractivity contribution in [3.8, 4) is 0 Å². The van der Waals surface area contributed by atoms with Crippen molar-refractivity contribution in [1.29, 1.82) is 0 Å². The molecule has 1 aromatic carbocycles. The molecule has 1 heterocycles. The summed E-state index contributed by atoms with van der Waals surface area (Å²) in [6.07, 6.45) is -0.486. The minimum absolute atomic E-state index is 0.175. The van der Waals surface area contributed by atoms with Gasteiger partial charge in [0, 0.05) is 6.54 Å². The molecule has 0 bridgehead atoms. The van der Waals surface area contributed by atoms with E-state index < -0.39 is 5.60 Å². The molecule has 1 aliphatic heterocycles. The highest BCUT2D eigenvalue weighted by Crippen LogP contribution is 2.25. The number of rotatable bonds is 1. The Morgan fingerprint density at radius 1 is 1.38 bits per heavy atom. The van der Waals surface area contributed by atoms with Crippen molar-refractivity contribution < 1.29 is 14.3 Å². The van der Waals surface area contributed by atoms with E-state index in [1.54, 1.807) is 17.0 Å². The number of nitrogens with zero attached hydrogens (tertiary/aromatic N) is 2. The first-order chi connectivity index (χ1) is 9.89. The number of ether oxygens (including phenoxy) is 2. The largest absolute Gasteiger partial charge is 0.444 e. The Morgan fingerprint density at radius 3 is 2.62 bits per heavy atom. The summed E-state index contributed by atoms with van der Waals surface area (Å²) < 4.78 is 11.1. The smallest absolute Gasteiger partial charge is 0.410 e. The zero-order chi connectivity index (χ0) is 15.5. The maximum atomic E-state index is 12.1. The van der Waals surface area contributed by atoms with Crippen LogP contribution in [0.2, 0.25) is 0 Å². The van der Waals surface area contributed by atoms with Crippen molar-refractivity contribution in [2.75, 3.05) is 19.7 Å². The normalized spacial score (nSPS) is 19.0. The molecule has 0 unspecified atom stereocenters. The highest BCUT2D eigenvalue weighted by molar-refractivity contribution is 5.68. The molecule has 112 valence electrons. The van der Waals surface area contributed by atoms with Crippen LogP contribution in [0.1, 0.15) is 32.4 Å². The molecule has 1 saturated heterocycles. The van der Waals surface area contributed by atoms with Crippen molar-refractivity contribution in [3.05, 3.63) is 41.2 Å². The Hall–Kier alpha value is -2.06. The number of hydrogen-bond acceptors (Lipinski definition) is 3. The Morgan fingerprint density at radius 2 is 2.05 bits per heavy atom. The fourth-order valence-corrected chi connectivity index (χ4v) is 2.11. The van der Waals surface area contributed by atoms with Crippen LogP contribution in [-0.4, -0.2) is 36.3 Å². The number of benzene rings is 1. The van der Waals surface area contributed by atoms with E-state index in [9.17, 15) is 4.79 Å². The van der Waals surface area contributed by atoms with E-state index in [2.05, 4.69) is 4.85 Å². The molecule has 0 aromatic heterocycles. The number of morpholine rings is 1. The molecule has 5 nitrogen and oxygen atoms in total. The van der Waals surface area contributed by atoms with Gasteiger partial charge in [-0.15, -0.1) is 0 Å². The lowest BCUT2D eigenvalue weighted by Crippen LogP contribution is -2.44. The molecule has 0 radical (unpaired) electrons. The molecule has 1 amide bonds. The van der Waals surface area contributed by atoms with Crippen LogP contribution in [0.4, 0.5) is 10.5 Å². The third kappa shape index (κ3) is 4.20. The number of hydrogen-bond donors (Lipinski definition) is 0. The summed E-state index contributed by atoms with van der Waals surface area (Å²) in [5, 5.41) is 0. The first-order valence-electron chi connectivity index (χ1n) is 6.96. The average molecular weight is 288 g/mol. The summed E-state index contributed by atoms with van der Waals surface area (Å²) in [6.45, 7) is 14.0. The van der Waals surface area contributed by atoms with Crippen LogP contribution in [0.5, 0.6) is 0 Å². The third-order valence-electron chi connectivity index (χ3n) is 3.11. The Labute approximate surface area is 125 Å². The van der Waals surface area contributed by atoms with Crippen LogP contribution in [-0.2, 0) is 9.47 Å². The highest BCUT2D eigenvalue weighted by atomic mass is 16.6. The van der Waals surface area contributed by atoms with E-state index in [1.807, 2.05) is 32.9 Å². The summed E-state index contributed by atoms with van der Waals surface area (Å²) in [5.74, 6) is 0. The predicted molar refractivity (Wildman–Crippen MR) is 79.2 cm³/mol.